The van der Waals surface area contributed by atoms with Crippen LogP contribution >= 0.6 is 0 Å². The molecular weight excluding hydrogens is 373 g/mol. The van der Waals surface area contributed by atoms with Crippen molar-refractivity contribution in [3.8, 4) is 0 Å². The normalized spacial score (nSPS) is 14.9. The molecular formula is C22H22FN3O3. The quantitative estimate of drug-likeness (QED) is 0.673. The molecule has 0 saturated carbocycles. The zero-order valence-corrected chi connectivity index (χ0v) is 15.9. The van der Waals surface area contributed by atoms with Crippen LogP contribution < -0.4 is 15.8 Å². The molecule has 6 nitrogen and oxygen atoms in total. The van der Waals surface area contributed by atoms with E-state index in [4.69, 9.17) is 4.42 Å². The van der Waals surface area contributed by atoms with E-state index in [-0.39, 0.29) is 11.4 Å². The van der Waals surface area contributed by atoms with Gasteiger partial charge < -0.3 is 14.6 Å². The van der Waals surface area contributed by atoms with E-state index in [0.29, 0.717) is 29.7 Å². The number of piperazine rings is 1. The Hall–Kier alpha value is -3.19. The fraction of sp³-hybridized carbons (Fsp3) is 0.273. The molecule has 29 heavy (non-hydrogen) atoms. The summed E-state index contributed by atoms with van der Waals surface area (Å²) in [6.07, 6.45) is 0. The van der Waals surface area contributed by atoms with Gasteiger partial charge in [0.1, 0.15) is 17.0 Å². The molecule has 0 atom stereocenters. The standard InChI is InChI=1S/C22H22FN3O3/c23-18-6-2-3-7-19(18)26-13-11-25(12-14-26)10-9-24-21(27)17-15-16-5-1-4-8-20(16)29-22(17)28/h1-8,15H,9-14H2,(H,24,27). The van der Waals surface area contributed by atoms with Gasteiger partial charge in [-0.1, -0.05) is 30.3 Å². The molecule has 1 aliphatic heterocycles. The van der Waals surface area contributed by atoms with Gasteiger partial charge >= 0.3 is 5.63 Å². The predicted octanol–water partition coefficient (Wildman–Crippen LogP) is 2.48. The highest BCUT2D eigenvalue weighted by Gasteiger charge is 2.19. The highest BCUT2D eigenvalue weighted by molar-refractivity contribution is 5.96. The lowest BCUT2D eigenvalue weighted by Gasteiger charge is -2.36. The van der Waals surface area contributed by atoms with E-state index in [1.54, 1.807) is 36.4 Å². The van der Waals surface area contributed by atoms with Crippen LogP contribution in [0.1, 0.15) is 10.4 Å². The van der Waals surface area contributed by atoms with Crippen molar-refractivity contribution in [2.24, 2.45) is 0 Å². The molecule has 1 amide bonds. The van der Waals surface area contributed by atoms with Crippen LogP contribution in [0.15, 0.2) is 63.8 Å². The van der Waals surface area contributed by atoms with E-state index >= 15 is 0 Å². The molecule has 1 saturated heterocycles. The zero-order valence-electron chi connectivity index (χ0n) is 15.9. The van der Waals surface area contributed by atoms with Gasteiger partial charge in [-0.25, -0.2) is 9.18 Å². The van der Waals surface area contributed by atoms with Gasteiger partial charge in [0.25, 0.3) is 5.91 Å². The number of hydrogen-bond acceptors (Lipinski definition) is 5. The molecule has 150 valence electrons. The molecule has 2 aromatic carbocycles. The minimum atomic E-state index is -0.639. The topological polar surface area (TPSA) is 65.8 Å². The smallest absolute Gasteiger partial charge is 0.349 e. The van der Waals surface area contributed by atoms with Crippen molar-refractivity contribution in [2.45, 2.75) is 0 Å². The van der Waals surface area contributed by atoms with Gasteiger partial charge in [0.15, 0.2) is 0 Å². The Kier molecular flexibility index (Phi) is 5.57. The zero-order chi connectivity index (χ0) is 20.2. The largest absolute Gasteiger partial charge is 0.422 e. The summed E-state index contributed by atoms with van der Waals surface area (Å²) in [5.74, 6) is -0.642. The first-order valence-corrected chi connectivity index (χ1v) is 9.65. The Balaban J connectivity index is 1.29. The van der Waals surface area contributed by atoms with Gasteiger partial charge in [0.2, 0.25) is 0 Å². The molecule has 3 aromatic rings. The van der Waals surface area contributed by atoms with Crippen molar-refractivity contribution >= 4 is 22.6 Å². The van der Waals surface area contributed by atoms with E-state index in [1.165, 1.54) is 6.07 Å². The maximum absolute atomic E-state index is 13.9. The number of anilines is 1. The number of nitrogens with zero attached hydrogens (tertiary/aromatic N) is 2. The second-order valence-electron chi connectivity index (χ2n) is 7.02. The number of amides is 1. The second-order valence-corrected chi connectivity index (χ2v) is 7.02. The van der Waals surface area contributed by atoms with E-state index in [9.17, 15) is 14.0 Å². The number of para-hydroxylation sites is 2. The third-order valence-electron chi connectivity index (χ3n) is 5.17. The molecule has 4 rings (SSSR count). The highest BCUT2D eigenvalue weighted by Crippen LogP contribution is 2.20. The lowest BCUT2D eigenvalue weighted by atomic mass is 10.2. The van der Waals surface area contributed by atoms with Crippen LogP contribution in [0.2, 0.25) is 0 Å². The van der Waals surface area contributed by atoms with E-state index in [0.717, 1.165) is 26.2 Å². The minimum absolute atomic E-state index is 0.00747. The molecule has 2 heterocycles. The summed E-state index contributed by atoms with van der Waals surface area (Å²) in [7, 11) is 0. The molecule has 0 aliphatic carbocycles. The number of nitrogens with one attached hydrogen (secondary N) is 1. The fourth-order valence-corrected chi connectivity index (χ4v) is 3.56. The summed E-state index contributed by atoms with van der Waals surface area (Å²) in [6.45, 7) is 4.09. The summed E-state index contributed by atoms with van der Waals surface area (Å²) >= 11 is 0. The lowest BCUT2D eigenvalue weighted by molar-refractivity contribution is 0.0944. The average Bonchev–Trinajstić information content (AvgIpc) is 2.74. The number of halogens is 1. The fourth-order valence-electron chi connectivity index (χ4n) is 3.56. The van der Waals surface area contributed by atoms with Crippen LogP contribution in [-0.4, -0.2) is 50.1 Å². The van der Waals surface area contributed by atoms with Crippen molar-refractivity contribution in [1.82, 2.24) is 10.2 Å². The van der Waals surface area contributed by atoms with Crippen LogP contribution in [0.3, 0.4) is 0 Å². The number of carbonyl (C=O) groups excluding carboxylic acids is 1. The van der Waals surface area contributed by atoms with Gasteiger partial charge in [-0.15, -0.1) is 0 Å². The van der Waals surface area contributed by atoms with Gasteiger partial charge in [-0.05, 0) is 24.3 Å². The number of benzene rings is 2. The molecule has 0 unspecified atom stereocenters. The Morgan fingerprint density at radius 2 is 1.76 bits per heavy atom. The van der Waals surface area contributed by atoms with Crippen LogP contribution in [0.4, 0.5) is 10.1 Å². The summed E-state index contributed by atoms with van der Waals surface area (Å²) in [5.41, 5.74) is 0.457. The second kappa shape index (κ2) is 8.45. The van der Waals surface area contributed by atoms with Gasteiger partial charge in [0.05, 0.1) is 5.69 Å². The summed E-state index contributed by atoms with van der Waals surface area (Å²) in [5, 5.41) is 3.50. The molecule has 0 radical (unpaired) electrons. The van der Waals surface area contributed by atoms with E-state index in [1.807, 2.05) is 17.0 Å². The number of fused-ring (bicyclic) bond motifs is 1. The molecule has 1 aliphatic rings. The third-order valence-corrected chi connectivity index (χ3v) is 5.17. The van der Waals surface area contributed by atoms with E-state index in [2.05, 4.69) is 10.2 Å². The Morgan fingerprint density at radius 1 is 1.03 bits per heavy atom. The average molecular weight is 395 g/mol. The SMILES string of the molecule is O=C(NCCN1CCN(c2ccccc2F)CC1)c1cc2ccccc2oc1=O. The van der Waals surface area contributed by atoms with Crippen molar-refractivity contribution in [3.63, 3.8) is 0 Å². The summed E-state index contributed by atoms with van der Waals surface area (Å²) in [6, 6.07) is 15.4. The Morgan fingerprint density at radius 3 is 2.55 bits per heavy atom. The molecule has 7 heteroatoms. The van der Waals surface area contributed by atoms with Crippen LogP contribution in [0.5, 0.6) is 0 Å². The van der Waals surface area contributed by atoms with Crippen molar-refractivity contribution in [2.75, 3.05) is 44.2 Å². The Bertz CT molecular complexity index is 1070. The van der Waals surface area contributed by atoms with Crippen LogP contribution in [-0.2, 0) is 0 Å². The number of rotatable bonds is 5. The van der Waals surface area contributed by atoms with Crippen molar-refractivity contribution in [1.29, 1.82) is 0 Å². The maximum atomic E-state index is 13.9. The molecule has 1 aromatic heterocycles. The number of hydrogen-bond donors (Lipinski definition) is 1. The predicted molar refractivity (Wildman–Crippen MR) is 110 cm³/mol. The van der Waals surface area contributed by atoms with Crippen LogP contribution in [0, 0.1) is 5.82 Å². The van der Waals surface area contributed by atoms with Crippen LogP contribution in [0.25, 0.3) is 11.0 Å². The lowest BCUT2D eigenvalue weighted by Crippen LogP contribution is -2.48. The minimum Gasteiger partial charge on any atom is -0.422 e. The monoisotopic (exact) mass is 395 g/mol. The summed E-state index contributed by atoms with van der Waals surface area (Å²) < 4.78 is 19.1. The molecule has 0 spiro atoms. The first-order chi connectivity index (χ1) is 14.1. The molecule has 0 bridgehead atoms. The first-order valence-electron chi connectivity index (χ1n) is 9.65. The third kappa shape index (κ3) is 4.30. The van der Waals surface area contributed by atoms with Gasteiger partial charge in [-0.2, -0.15) is 0 Å². The van der Waals surface area contributed by atoms with Crippen molar-refractivity contribution < 1.29 is 13.6 Å². The first kappa shape index (κ1) is 19.1. The highest BCUT2D eigenvalue weighted by atomic mass is 19.1. The molecule has 1 fully saturated rings. The number of carbonyl (C=O) groups is 1. The van der Waals surface area contributed by atoms with E-state index < -0.39 is 11.5 Å². The van der Waals surface area contributed by atoms with Crippen molar-refractivity contribution in [3.05, 3.63) is 76.4 Å². The summed E-state index contributed by atoms with van der Waals surface area (Å²) in [4.78, 5) is 28.7. The molecule has 1 N–H and O–H groups in total. The Labute approximate surface area is 167 Å². The maximum Gasteiger partial charge on any atom is 0.349 e. The van der Waals surface area contributed by atoms with Gasteiger partial charge in [-0.3, -0.25) is 9.69 Å². The van der Waals surface area contributed by atoms with Gasteiger partial charge in [0, 0.05) is 44.7 Å².